The van der Waals surface area contributed by atoms with Crippen LogP contribution in [0.5, 0.6) is 23.0 Å². The van der Waals surface area contributed by atoms with E-state index < -0.39 is 47.7 Å². The van der Waals surface area contributed by atoms with Crippen LogP contribution in [0.2, 0.25) is 0 Å². The van der Waals surface area contributed by atoms with Gasteiger partial charge >= 0.3 is 6.18 Å². The number of amides is 1. The second kappa shape index (κ2) is 11.6. The van der Waals surface area contributed by atoms with Crippen molar-refractivity contribution in [2.24, 2.45) is 11.3 Å². The molecule has 230 valence electrons. The zero-order valence-electron chi connectivity index (χ0n) is 23.5. The molecule has 0 aliphatic heterocycles. The largest absolute Gasteiger partial charge is 0.493 e. The maximum atomic E-state index is 15.1. The molecule has 0 radical (unpaired) electrons. The average molecular weight is 618 g/mol. The number of fused-ring (bicyclic) bond motifs is 1. The second-order valence-corrected chi connectivity index (χ2v) is 10.7. The van der Waals surface area contributed by atoms with E-state index in [2.05, 4.69) is 15.7 Å². The molecule has 0 bridgehead atoms. The number of carbonyl (C=O) groups excluding carboxylic acids is 1. The van der Waals surface area contributed by atoms with Crippen LogP contribution in [0, 0.1) is 27.9 Å². The van der Waals surface area contributed by atoms with Crippen molar-refractivity contribution in [3.05, 3.63) is 83.4 Å². The van der Waals surface area contributed by atoms with Crippen molar-refractivity contribution in [3.63, 3.8) is 0 Å². The topological polar surface area (TPSA) is 102 Å². The van der Waals surface area contributed by atoms with E-state index in [1.807, 2.05) is 0 Å². The zero-order valence-corrected chi connectivity index (χ0v) is 23.5. The summed E-state index contributed by atoms with van der Waals surface area (Å²) in [6, 6.07) is 12.2. The first-order valence-electron chi connectivity index (χ1n) is 13.2. The van der Waals surface area contributed by atoms with Crippen molar-refractivity contribution in [1.29, 1.82) is 0 Å². The molecule has 9 nitrogen and oxygen atoms in total. The smallest absolute Gasteiger partial charge is 0.422 e. The third kappa shape index (κ3) is 6.48. The van der Waals surface area contributed by atoms with Crippen molar-refractivity contribution in [2.45, 2.75) is 26.1 Å². The Morgan fingerprint density at radius 2 is 1.66 bits per heavy atom. The lowest BCUT2D eigenvalue weighted by Gasteiger charge is -2.15. The second-order valence-electron chi connectivity index (χ2n) is 10.7. The lowest BCUT2D eigenvalue weighted by molar-refractivity contribution is -0.540. The van der Waals surface area contributed by atoms with Crippen molar-refractivity contribution in [2.75, 3.05) is 24.5 Å². The number of nitrogens with one attached hydrogen (secondary N) is 2. The summed E-state index contributed by atoms with van der Waals surface area (Å²) in [6.45, 7) is 1.96. The van der Waals surface area contributed by atoms with Gasteiger partial charge in [-0.1, -0.05) is 13.8 Å². The van der Waals surface area contributed by atoms with Crippen molar-refractivity contribution in [3.8, 4) is 23.0 Å². The summed E-state index contributed by atoms with van der Waals surface area (Å²) in [5, 5.41) is 2.99. The van der Waals surface area contributed by atoms with Gasteiger partial charge in [0.05, 0.1) is 22.9 Å². The van der Waals surface area contributed by atoms with Crippen LogP contribution in [-0.2, 0) is 4.79 Å². The Hall–Kier alpha value is -5.01. The number of rotatable bonds is 10. The minimum Gasteiger partial charge on any atom is -0.493 e. The number of hydrogen-bond acceptors (Lipinski definition) is 6. The molecule has 3 aromatic carbocycles. The highest BCUT2D eigenvalue weighted by Gasteiger charge is 2.73. The summed E-state index contributed by atoms with van der Waals surface area (Å²) in [6.07, 6.45) is -3.22. The van der Waals surface area contributed by atoms with Crippen LogP contribution in [0.4, 0.5) is 33.3 Å². The summed E-state index contributed by atoms with van der Waals surface area (Å²) in [5.41, 5.74) is 2.54. The van der Waals surface area contributed by atoms with Crippen LogP contribution in [0.1, 0.15) is 13.8 Å². The molecule has 44 heavy (non-hydrogen) atoms. The number of nitrogens with zero attached hydrogens (tertiary/aromatic N) is 2. The molecule has 0 saturated heterocycles. The molecular formula is C30H26F5N4O5+. The van der Waals surface area contributed by atoms with E-state index in [1.165, 1.54) is 67.9 Å². The summed E-state index contributed by atoms with van der Waals surface area (Å²) in [5.74, 6) is -2.65. The zero-order chi connectivity index (χ0) is 31.8. The van der Waals surface area contributed by atoms with Gasteiger partial charge in [0.1, 0.15) is 28.0 Å². The van der Waals surface area contributed by atoms with Gasteiger partial charge in [0.15, 0.2) is 29.7 Å². The lowest BCUT2D eigenvalue weighted by atomic mass is 10.1. The number of anilines is 2. The van der Waals surface area contributed by atoms with Crippen molar-refractivity contribution < 1.29 is 45.8 Å². The van der Waals surface area contributed by atoms with E-state index in [4.69, 9.17) is 14.2 Å². The summed E-state index contributed by atoms with van der Waals surface area (Å²) in [7, 11) is 1.26. The summed E-state index contributed by atoms with van der Waals surface area (Å²) in [4.78, 5) is 30.4. The van der Waals surface area contributed by atoms with Crippen LogP contribution in [0.3, 0.4) is 0 Å². The number of nitroso groups, excluding NO2 is 1. The number of ether oxygens (including phenoxy) is 3. The van der Waals surface area contributed by atoms with E-state index in [0.29, 0.717) is 15.9 Å². The Labute approximate surface area is 247 Å². The molecule has 0 unspecified atom stereocenters. The van der Waals surface area contributed by atoms with E-state index in [-0.39, 0.29) is 34.2 Å². The molecule has 0 spiro atoms. The maximum Gasteiger partial charge on any atom is 0.422 e. The lowest BCUT2D eigenvalue weighted by Crippen LogP contribution is -2.24. The quantitative estimate of drug-likeness (QED) is 0.112. The highest BCUT2D eigenvalue weighted by molar-refractivity contribution is 5.95. The Kier molecular flexibility index (Phi) is 8.02. The fraction of sp³-hybridized carbons (Fsp3) is 0.267. The van der Waals surface area contributed by atoms with Crippen LogP contribution in [0.15, 0.2) is 66.9 Å². The van der Waals surface area contributed by atoms with E-state index in [1.54, 1.807) is 13.8 Å². The molecule has 1 amide bonds. The number of hydrogen-bond donors (Lipinski definition) is 2. The molecule has 1 saturated carbocycles. The van der Waals surface area contributed by atoms with Gasteiger partial charge < -0.3 is 19.5 Å². The van der Waals surface area contributed by atoms with Gasteiger partial charge in [0, 0.05) is 29.4 Å². The number of hydrazine groups is 1. The number of pyridine rings is 1. The third-order valence-electron chi connectivity index (χ3n) is 7.19. The molecule has 2 N–H and O–H groups in total. The monoisotopic (exact) mass is 617 g/mol. The first kappa shape index (κ1) is 30.4. The van der Waals surface area contributed by atoms with Gasteiger partial charge in [0.2, 0.25) is 5.91 Å². The molecule has 14 heteroatoms. The number of alkyl halides is 3. The third-order valence-corrected chi connectivity index (χ3v) is 7.19. The average Bonchev–Trinajstić information content (AvgIpc) is 3.55. The fourth-order valence-electron chi connectivity index (χ4n) is 4.90. The maximum absolute atomic E-state index is 15.1. The minimum atomic E-state index is -4.56. The normalized spacial score (nSPS) is 17.1. The van der Waals surface area contributed by atoms with E-state index in [9.17, 15) is 27.3 Å². The molecular weight excluding hydrogens is 591 g/mol. The summed E-state index contributed by atoms with van der Waals surface area (Å²) < 4.78 is 82.0. The fourth-order valence-corrected chi connectivity index (χ4v) is 4.90. The van der Waals surface area contributed by atoms with Gasteiger partial charge in [-0.25, -0.2) is 8.78 Å². The Bertz CT molecular complexity index is 1730. The molecule has 1 aliphatic carbocycles. The highest BCUT2D eigenvalue weighted by atomic mass is 19.4. The first-order chi connectivity index (χ1) is 20.8. The minimum absolute atomic E-state index is 0.0113. The first-order valence-corrected chi connectivity index (χ1v) is 13.2. The van der Waals surface area contributed by atoms with Crippen LogP contribution < -0.4 is 25.0 Å². The molecule has 1 heterocycles. The van der Waals surface area contributed by atoms with Crippen LogP contribution in [-0.4, -0.2) is 41.7 Å². The Morgan fingerprint density at radius 3 is 2.32 bits per heavy atom. The molecule has 5 rings (SSSR count). The number of carbonyl (C=O) groups is 1. The summed E-state index contributed by atoms with van der Waals surface area (Å²) >= 11 is 0. The van der Waals surface area contributed by atoms with Crippen molar-refractivity contribution >= 4 is 28.2 Å². The molecule has 1 aromatic heterocycles. The Balaban J connectivity index is 1.28. The number of aromatic nitrogens is 1. The van der Waals surface area contributed by atoms with Gasteiger partial charge in [-0.3, -0.25) is 9.78 Å². The van der Waals surface area contributed by atoms with E-state index in [0.717, 1.165) is 6.07 Å². The van der Waals surface area contributed by atoms with Crippen LogP contribution in [0.25, 0.3) is 10.9 Å². The van der Waals surface area contributed by atoms with Crippen LogP contribution >= 0.6 is 0 Å². The molecule has 1 fully saturated rings. The predicted octanol–water partition coefficient (Wildman–Crippen LogP) is 7.02. The Morgan fingerprint density at radius 1 is 0.955 bits per heavy atom. The van der Waals surface area contributed by atoms with Gasteiger partial charge in [-0.2, -0.15) is 13.2 Å². The van der Waals surface area contributed by atoms with Gasteiger partial charge in [0.25, 0.3) is 6.04 Å². The molecule has 4 aromatic rings. The SMILES string of the molecule is COc1cc2c(Oc3ccc(N[N+](=O)[C@H]4[C@@H](C(=O)Nc5ccc(F)cc5)C4(C)C)cc3F)ccnc2cc1OCC(F)(F)F. The molecule has 1 aliphatic rings. The predicted molar refractivity (Wildman–Crippen MR) is 150 cm³/mol. The number of methoxy groups -OCH3 is 1. The number of halogens is 5. The highest BCUT2D eigenvalue weighted by Crippen LogP contribution is 2.54. The molecule has 2 atom stereocenters. The number of benzene rings is 3. The van der Waals surface area contributed by atoms with E-state index >= 15 is 4.39 Å². The van der Waals surface area contributed by atoms with Gasteiger partial charge in [-0.15, -0.1) is 5.43 Å². The standard InChI is InChI=1S/C30H25F5N4O5/c1-29(2)26(28(40)37-17-6-4-16(31)5-7-17)27(29)39(41)38-18-8-9-23(20(32)12-18)44-22-10-11-36-21-14-25(43-15-30(33,34)35)24(42-3)13-19(21)22/h4-14,26-27H,15H2,1-3H3,(H-,37,38,40,41)/p+1/t26-,27-/m0/s1. The van der Waals surface area contributed by atoms with Gasteiger partial charge in [-0.05, 0) is 48.5 Å². The van der Waals surface area contributed by atoms with Crippen molar-refractivity contribution in [1.82, 2.24) is 4.98 Å².